The number of hydrogen-bond donors (Lipinski definition) is 2. The molecule has 1 saturated heterocycles. The zero-order valence-corrected chi connectivity index (χ0v) is 17.8. The number of hydrogen-bond acceptors (Lipinski definition) is 3. The van der Waals surface area contributed by atoms with Crippen LogP contribution >= 0.6 is 0 Å². The van der Waals surface area contributed by atoms with Crippen LogP contribution in [0, 0.1) is 0 Å². The van der Waals surface area contributed by atoms with E-state index in [1.807, 2.05) is 17.7 Å². The summed E-state index contributed by atoms with van der Waals surface area (Å²) in [5, 5.41) is 10.8. The second-order valence-corrected chi connectivity index (χ2v) is 9.38. The SMILES string of the molecule is CCC(=O)NC1CCCN(C(=O)Nc2cc(C(C)(C)C)nn2C(C)(C)C)C1. The van der Waals surface area contributed by atoms with Gasteiger partial charge in [-0.05, 0) is 33.6 Å². The van der Waals surface area contributed by atoms with Crippen LogP contribution in [0.25, 0.3) is 0 Å². The molecule has 7 nitrogen and oxygen atoms in total. The Morgan fingerprint density at radius 3 is 2.44 bits per heavy atom. The molecule has 1 atom stereocenters. The van der Waals surface area contributed by atoms with Crippen molar-refractivity contribution in [2.45, 2.75) is 84.7 Å². The van der Waals surface area contributed by atoms with Crippen LogP contribution in [0.1, 0.15) is 73.4 Å². The minimum atomic E-state index is -0.244. The number of urea groups is 1. The van der Waals surface area contributed by atoms with Gasteiger partial charge in [0.1, 0.15) is 5.82 Å². The van der Waals surface area contributed by atoms with E-state index < -0.39 is 0 Å². The molecule has 0 bridgehead atoms. The number of amides is 3. The van der Waals surface area contributed by atoms with Crippen LogP contribution in [0.3, 0.4) is 0 Å². The average Bonchev–Trinajstić information content (AvgIpc) is 2.99. The van der Waals surface area contributed by atoms with Crippen molar-refractivity contribution in [2.24, 2.45) is 0 Å². The fourth-order valence-corrected chi connectivity index (χ4v) is 3.15. The molecule has 0 radical (unpaired) electrons. The molecule has 0 aromatic carbocycles. The van der Waals surface area contributed by atoms with Gasteiger partial charge < -0.3 is 10.2 Å². The number of carbonyl (C=O) groups excluding carboxylic acids is 2. The van der Waals surface area contributed by atoms with E-state index in [9.17, 15) is 9.59 Å². The highest BCUT2D eigenvalue weighted by molar-refractivity contribution is 5.88. The largest absolute Gasteiger partial charge is 0.352 e. The van der Waals surface area contributed by atoms with Gasteiger partial charge in [0.25, 0.3) is 0 Å². The third-order valence-electron chi connectivity index (χ3n) is 4.74. The smallest absolute Gasteiger partial charge is 0.323 e. The zero-order valence-electron chi connectivity index (χ0n) is 17.8. The van der Waals surface area contributed by atoms with Crippen LogP contribution in [0.4, 0.5) is 10.6 Å². The highest BCUT2D eigenvalue weighted by Gasteiger charge is 2.28. The maximum atomic E-state index is 12.9. The third kappa shape index (κ3) is 5.47. The molecular weight excluding hydrogens is 342 g/mol. The molecule has 0 saturated carbocycles. The molecule has 0 spiro atoms. The van der Waals surface area contributed by atoms with Crippen molar-refractivity contribution >= 4 is 17.8 Å². The summed E-state index contributed by atoms with van der Waals surface area (Å²) in [6.07, 6.45) is 2.25. The highest BCUT2D eigenvalue weighted by atomic mass is 16.2. The lowest BCUT2D eigenvalue weighted by atomic mass is 9.92. The molecular formula is C20H35N5O2. The molecule has 1 fully saturated rings. The molecule has 2 rings (SSSR count). The summed E-state index contributed by atoms with van der Waals surface area (Å²) in [7, 11) is 0. The minimum absolute atomic E-state index is 0.0228. The van der Waals surface area contributed by atoms with Gasteiger partial charge in [-0.2, -0.15) is 5.10 Å². The summed E-state index contributed by atoms with van der Waals surface area (Å²) < 4.78 is 1.88. The van der Waals surface area contributed by atoms with E-state index in [-0.39, 0.29) is 28.9 Å². The van der Waals surface area contributed by atoms with E-state index in [2.05, 4.69) is 52.2 Å². The standard InChI is InChI=1S/C20H35N5O2/c1-8-17(26)21-14-10-9-11-24(13-14)18(27)22-16-12-15(19(2,3)4)23-25(16)20(5,6)7/h12,14H,8-11,13H2,1-7H3,(H,21,26)(H,22,27). The first-order valence-corrected chi connectivity index (χ1v) is 9.88. The number of carbonyl (C=O) groups is 2. The Labute approximate surface area is 162 Å². The van der Waals surface area contributed by atoms with E-state index in [4.69, 9.17) is 5.10 Å². The Morgan fingerprint density at radius 1 is 1.22 bits per heavy atom. The van der Waals surface area contributed by atoms with Gasteiger partial charge in [0.15, 0.2) is 0 Å². The molecule has 1 unspecified atom stereocenters. The number of likely N-dealkylation sites (tertiary alicyclic amines) is 1. The topological polar surface area (TPSA) is 79.3 Å². The molecule has 0 aliphatic carbocycles. The molecule has 1 aromatic rings. The lowest BCUT2D eigenvalue weighted by Gasteiger charge is -2.33. The fourth-order valence-electron chi connectivity index (χ4n) is 3.15. The van der Waals surface area contributed by atoms with Crippen molar-refractivity contribution in [3.8, 4) is 0 Å². The quantitative estimate of drug-likeness (QED) is 0.847. The molecule has 2 N–H and O–H groups in total. The monoisotopic (exact) mass is 377 g/mol. The van der Waals surface area contributed by atoms with Crippen LogP contribution in [-0.4, -0.2) is 45.8 Å². The first kappa shape index (κ1) is 21.3. The number of aromatic nitrogens is 2. The number of anilines is 1. The Balaban J connectivity index is 2.15. The van der Waals surface area contributed by atoms with Gasteiger partial charge in [0, 0.05) is 37.0 Å². The fraction of sp³-hybridized carbons (Fsp3) is 0.750. The molecule has 2 heterocycles. The molecule has 1 aromatic heterocycles. The van der Waals surface area contributed by atoms with E-state index in [1.54, 1.807) is 4.90 Å². The Kier molecular flexibility index (Phi) is 6.22. The van der Waals surface area contributed by atoms with Crippen LogP contribution in [-0.2, 0) is 15.7 Å². The predicted molar refractivity (Wildman–Crippen MR) is 108 cm³/mol. The van der Waals surface area contributed by atoms with Gasteiger partial charge in [-0.1, -0.05) is 27.7 Å². The summed E-state index contributed by atoms with van der Waals surface area (Å²) in [4.78, 5) is 26.3. The number of rotatable bonds is 3. The van der Waals surface area contributed by atoms with Crippen LogP contribution in [0.2, 0.25) is 0 Å². The summed E-state index contributed by atoms with van der Waals surface area (Å²) >= 11 is 0. The Hall–Kier alpha value is -2.05. The second-order valence-electron chi connectivity index (χ2n) is 9.38. The average molecular weight is 378 g/mol. The van der Waals surface area contributed by atoms with Crippen LogP contribution < -0.4 is 10.6 Å². The predicted octanol–water partition coefficient (Wildman–Crippen LogP) is 3.46. The molecule has 3 amide bonds. The maximum absolute atomic E-state index is 12.9. The van der Waals surface area contributed by atoms with Gasteiger partial charge in [0.2, 0.25) is 5.91 Å². The lowest BCUT2D eigenvalue weighted by Crippen LogP contribution is -2.50. The number of piperidine rings is 1. The first-order valence-electron chi connectivity index (χ1n) is 9.88. The number of nitrogens with zero attached hydrogens (tertiary/aromatic N) is 3. The second kappa shape index (κ2) is 7.90. The maximum Gasteiger partial charge on any atom is 0.323 e. The molecule has 7 heteroatoms. The van der Waals surface area contributed by atoms with Gasteiger partial charge in [-0.3, -0.25) is 10.1 Å². The van der Waals surface area contributed by atoms with Crippen molar-refractivity contribution in [3.63, 3.8) is 0 Å². The highest BCUT2D eigenvalue weighted by Crippen LogP contribution is 2.28. The van der Waals surface area contributed by atoms with E-state index in [0.717, 1.165) is 18.5 Å². The summed E-state index contributed by atoms with van der Waals surface area (Å²) in [6, 6.07) is 1.84. The van der Waals surface area contributed by atoms with Crippen LogP contribution in [0.15, 0.2) is 6.07 Å². The van der Waals surface area contributed by atoms with E-state index >= 15 is 0 Å². The van der Waals surface area contributed by atoms with E-state index in [1.165, 1.54) is 0 Å². The molecule has 1 aliphatic rings. The van der Waals surface area contributed by atoms with Crippen molar-refractivity contribution in [3.05, 3.63) is 11.8 Å². The first-order chi connectivity index (χ1) is 12.4. The van der Waals surface area contributed by atoms with Crippen molar-refractivity contribution < 1.29 is 9.59 Å². The Bertz CT molecular complexity index is 682. The molecule has 1 aliphatic heterocycles. The van der Waals surface area contributed by atoms with Gasteiger partial charge in [-0.15, -0.1) is 0 Å². The van der Waals surface area contributed by atoms with Gasteiger partial charge >= 0.3 is 6.03 Å². The van der Waals surface area contributed by atoms with E-state index in [0.29, 0.717) is 25.3 Å². The summed E-state index contributed by atoms with van der Waals surface area (Å²) in [6.45, 7) is 15.6. The Morgan fingerprint density at radius 2 is 1.89 bits per heavy atom. The van der Waals surface area contributed by atoms with Gasteiger partial charge in [-0.25, -0.2) is 9.48 Å². The van der Waals surface area contributed by atoms with Crippen molar-refractivity contribution in [1.29, 1.82) is 0 Å². The summed E-state index contributed by atoms with van der Waals surface area (Å²) in [5.74, 6) is 0.736. The van der Waals surface area contributed by atoms with Crippen LogP contribution in [0.5, 0.6) is 0 Å². The normalized spacial score (nSPS) is 18.3. The lowest BCUT2D eigenvalue weighted by molar-refractivity contribution is -0.121. The zero-order chi connectivity index (χ0) is 20.4. The van der Waals surface area contributed by atoms with Crippen molar-refractivity contribution in [2.75, 3.05) is 18.4 Å². The number of nitrogens with one attached hydrogen (secondary N) is 2. The third-order valence-corrected chi connectivity index (χ3v) is 4.74. The van der Waals surface area contributed by atoms with Gasteiger partial charge in [0.05, 0.1) is 11.2 Å². The molecule has 152 valence electrons. The summed E-state index contributed by atoms with van der Waals surface area (Å²) in [5.41, 5.74) is 0.599. The van der Waals surface area contributed by atoms with Crippen molar-refractivity contribution in [1.82, 2.24) is 20.0 Å². The molecule has 27 heavy (non-hydrogen) atoms. The minimum Gasteiger partial charge on any atom is -0.352 e.